The van der Waals surface area contributed by atoms with Crippen LogP contribution in [0.25, 0.3) is 0 Å². The summed E-state index contributed by atoms with van der Waals surface area (Å²) in [6, 6.07) is 6.29. The van der Waals surface area contributed by atoms with Crippen LogP contribution in [0.4, 0.5) is 0 Å². The first-order valence-corrected chi connectivity index (χ1v) is 8.72. The Hall–Kier alpha value is -1.68. The predicted molar refractivity (Wildman–Crippen MR) is 90.4 cm³/mol. The van der Waals surface area contributed by atoms with Gasteiger partial charge in [-0.1, -0.05) is 0 Å². The maximum Gasteiger partial charge on any atom is 0.243 e. The van der Waals surface area contributed by atoms with E-state index in [9.17, 15) is 8.42 Å². The molecule has 0 amide bonds. The summed E-state index contributed by atoms with van der Waals surface area (Å²) in [5.41, 5.74) is 5.78. The molecule has 1 aliphatic rings. The van der Waals surface area contributed by atoms with Gasteiger partial charge in [-0.2, -0.15) is 9.40 Å². The molecule has 0 spiro atoms. The van der Waals surface area contributed by atoms with Crippen LogP contribution in [0.1, 0.15) is 12.2 Å². The number of ether oxygens (including phenoxy) is 1. The van der Waals surface area contributed by atoms with Gasteiger partial charge in [0.15, 0.2) is 5.82 Å². The first kappa shape index (κ1) is 18.7. The molecule has 2 heterocycles. The molecule has 3 rings (SSSR count). The smallest absolute Gasteiger partial charge is 0.243 e. The summed E-state index contributed by atoms with van der Waals surface area (Å²) in [6.45, 7) is 1.10. The average molecular weight is 374 g/mol. The summed E-state index contributed by atoms with van der Waals surface area (Å²) in [6.07, 6.45) is 2.15. The summed E-state index contributed by atoms with van der Waals surface area (Å²) < 4.78 is 33.6. The zero-order valence-electron chi connectivity index (χ0n) is 13.2. The maximum absolute atomic E-state index is 12.5. The number of hydrogen-bond donors (Lipinski definition) is 1. The zero-order valence-corrected chi connectivity index (χ0v) is 14.8. The van der Waals surface area contributed by atoms with Crippen LogP contribution in [-0.4, -0.2) is 46.6 Å². The number of benzene rings is 1. The standard InChI is InChI=1S/C14H19N5O3S.ClH/c1-18-14(16-10-17-18)9-22-12-2-4-13(5-3-12)23(20,21)19-7-6-11(15)8-19;/h2-5,10-11H,6-9,15H2,1H3;1H/t11-;/m1./s1. The van der Waals surface area contributed by atoms with Crippen LogP contribution in [0.2, 0.25) is 0 Å². The lowest BCUT2D eigenvalue weighted by Gasteiger charge is -2.16. The molecule has 1 saturated heterocycles. The van der Waals surface area contributed by atoms with Crippen molar-refractivity contribution in [3.8, 4) is 5.75 Å². The Morgan fingerprint density at radius 1 is 1.33 bits per heavy atom. The average Bonchev–Trinajstić information content (AvgIpc) is 3.14. The van der Waals surface area contributed by atoms with E-state index >= 15 is 0 Å². The van der Waals surface area contributed by atoms with Crippen molar-refractivity contribution in [2.24, 2.45) is 12.8 Å². The molecule has 10 heteroatoms. The van der Waals surface area contributed by atoms with Crippen molar-refractivity contribution in [3.63, 3.8) is 0 Å². The highest BCUT2D eigenvalue weighted by molar-refractivity contribution is 7.89. The molecule has 2 N–H and O–H groups in total. The molecule has 1 fully saturated rings. The summed E-state index contributed by atoms with van der Waals surface area (Å²) >= 11 is 0. The fraction of sp³-hybridized carbons (Fsp3) is 0.429. The van der Waals surface area contributed by atoms with Crippen molar-refractivity contribution >= 4 is 22.4 Å². The van der Waals surface area contributed by atoms with Gasteiger partial charge in [0, 0.05) is 26.2 Å². The Balaban J connectivity index is 0.00000208. The topological polar surface area (TPSA) is 103 Å². The predicted octanol–water partition coefficient (Wildman–Crippen LogP) is 0.538. The van der Waals surface area contributed by atoms with E-state index in [1.165, 1.54) is 10.6 Å². The van der Waals surface area contributed by atoms with Crippen molar-refractivity contribution in [3.05, 3.63) is 36.4 Å². The van der Waals surface area contributed by atoms with E-state index in [4.69, 9.17) is 10.5 Å². The van der Waals surface area contributed by atoms with Crippen molar-refractivity contribution in [1.29, 1.82) is 0 Å². The van der Waals surface area contributed by atoms with Crippen LogP contribution >= 0.6 is 12.4 Å². The quantitative estimate of drug-likeness (QED) is 0.820. The van der Waals surface area contributed by atoms with Gasteiger partial charge in [0.25, 0.3) is 0 Å². The Labute approximate surface area is 147 Å². The number of halogens is 1. The third-order valence-corrected chi connectivity index (χ3v) is 5.70. The Bertz CT molecular complexity index is 778. The van der Waals surface area contributed by atoms with Crippen molar-refractivity contribution in [1.82, 2.24) is 19.1 Å². The Morgan fingerprint density at radius 3 is 2.58 bits per heavy atom. The normalized spacial score (nSPS) is 18.3. The second kappa shape index (κ2) is 7.47. The number of rotatable bonds is 5. The van der Waals surface area contributed by atoms with Crippen LogP contribution in [0.3, 0.4) is 0 Å². The van der Waals surface area contributed by atoms with Gasteiger partial charge in [-0.05, 0) is 30.7 Å². The molecule has 1 aromatic heterocycles. The van der Waals surface area contributed by atoms with Gasteiger partial charge in [0.1, 0.15) is 18.7 Å². The van der Waals surface area contributed by atoms with Gasteiger partial charge in [0.2, 0.25) is 10.0 Å². The molecule has 132 valence electrons. The molecule has 1 aliphatic heterocycles. The third-order valence-electron chi connectivity index (χ3n) is 3.82. The van der Waals surface area contributed by atoms with E-state index in [0.29, 0.717) is 31.1 Å². The number of hydrogen-bond acceptors (Lipinski definition) is 6. The lowest BCUT2D eigenvalue weighted by atomic mass is 10.3. The van der Waals surface area contributed by atoms with Gasteiger partial charge >= 0.3 is 0 Å². The summed E-state index contributed by atoms with van der Waals surface area (Å²) in [5, 5.41) is 3.96. The molecule has 0 unspecified atom stereocenters. The Kier molecular flexibility index (Phi) is 5.81. The van der Waals surface area contributed by atoms with Gasteiger partial charge in [-0.25, -0.2) is 13.4 Å². The number of aryl methyl sites for hydroxylation is 1. The second-order valence-electron chi connectivity index (χ2n) is 5.47. The fourth-order valence-corrected chi connectivity index (χ4v) is 3.94. The van der Waals surface area contributed by atoms with Crippen LogP contribution in [0, 0.1) is 0 Å². The van der Waals surface area contributed by atoms with Gasteiger partial charge in [-0.3, -0.25) is 4.68 Å². The minimum atomic E-state index is -3.48. The lowest BCUT2D eigenvalue weighted by molar-refractivity contribution is 0.289. The van der Waals surface area contributed by atoms with Gasteiger partial charge < -0.3 is 10.5 Å². The highest BCUT2D eigenvalue weighted by Gasteiger charge is 2.30. The second-order valence-corrected chi connectivity index (χ2v) is 7.41. The van der Waals surface area contributed by atoms with E-state index < -0.39 is 10.0 Å². The minimum absolute atomic E-state index is 0. The lowest BCUT2D eigenvalue weighted by Crippen LogP contribution is -2.31. The highest BCUT2D eigenvalue weighted by atomic mass is 35.5. The molecular formula is C14H20ClN5O3S. The third kappa shape index (κ3) is 3.86. The van der Waals surface area contributed by atoms with Crippen LogP contribution in [0.5, 0.6) is 5.75 Å². The zero-order chi connectivity index (χ0) is 16.4. The Morgan fingerprint density at radius 2 is 2.04 bits per heavy atom. The molecule has 24 heavy (non-hydrogen) atoms. The van der Waals surface area contributed by atoms with E-state index in [1.807, 2.05) is 0 Å². The summed E-state index contributed by atoms with van der Waals surface area (Å²) in [7, 11) is -1.70. The SMILES string of the molecule is Cl.Cn1ncnc1COc1ccc(S(=O)(=O)N2CC[C@@H](N)C2)cc1. The van der Waals surface area contributed by atoms with Crippen LogP contribution in [0.15, 0.2) is 35.5 Å². The number of nitrogens with two attached hydrogens (primary N) is 1. The fourth-order valence-electron chi connectivity index (χ4n) is 2.43. The van der Waals surface area contributed by atoms with Crippen molar-refractivity contribution in [2.75, 3.05) is 13.1 Å². The molecule has 1 aromatic carbocycles. The molecule has 2 aromatic rings. The first-order valence-electron chi connectivity index (χ1n) is 7.28. The molecule has 8 nitrogen and oxygen atoms in total. The summed E-state index contributed by atoms with van der Waals surface area (Å²) in [5.74, 6) is 1.26. The van der Waals surface area contributed by atoms with Crippen LogP contribution in [-0.2, 0) is 23.7 Å². The minimum Gasteiger partial charge on any atom is -0.486 e. The molecule has 0 saturated carbocycles. The molecule has 0 bridgehead atoms. The van der Waals surface area contributed by atoms with Gasteiger partial charge in [0.05, 0.1) is 4.90 Å². The highest BCUT2D eigenvalue weighted by Crippen LogP contribution is 2.23. The first-order chi connectivity index (χ1) is 11.0. The maximum atomic E-state index is 12.5. The monoisotopic (exact) mass is 373 g/mol. The molecular weight excluding hydrogens is 354 g/mol. The molecule has 0 aliphatic carbocycles. The summed E-state index contributed by atoms with van der Waals surface area (Å²) in [4.78, 5) is 4.31. The number of nitrogens with zero attached hydrogens (tertiary/aromatic N) is 4. The van der Waals surface area contributed by atoms with Crippen molar-refractivity contribution in [2.45, 2.75) is 24.0 Å². The van der Waals surface area contributed by atoms with Crippen molar-refractivity contribution < 1.29 is 13.2 Å². The van der Waals surface area contributed by atoms with E-state index in [0.717, 1.165) is 0 Å². The number of sulfonamides is 1. The van der Waals surface area contributed by atoms with E-state index in [1.54, 1.807) is 36.0 Å². The van der Waals surface area contributed by atoms with Gasteiger partial charge in [-0.15, -0.1) is 12.4 Å². The van der Waals surface area contributed by atoms with Crippen LogP contribution < -0.4 is 10.5 Å². The number of aromatic nitrogens is 3. The van der Waals surface area contributed by atoms with E-state index in [2.05, 4.69) is 10.1 Å². The molecule has 0 radical (unpaired) electrons. The van der Waals surface area contributed by atoms with E-state index in [-0.39, 0.29) is 30.0 Å². The molecule has 1 atom stereocenters. The largest absolute Gasteiger partial charge is 0.486 e.